The van der Waals surface area contributed by atoms with Crippen LogP contribution < -0.4 is 0 Å². The zero-order chi connectivity index (χ0) is 68.1. The van der Waals surface area contributed by atoms with E-state index in [0.717, 1.165) is 51.4 Å². The molecule has 2 bridgehead atoms. The van der Waals surface area contributed by atoms with Gasteiger partial charge in [-0.2, -0.15) is 0 Å². The summed E-state index contributed by atoms with van der Waals surface area (Å²) in [6.07, 6.45) is -43.6. The predicted molar refractivity (Wildman–Crippen MR) is 314 cm³/mol. The first-order chi connectivity index (χ1) is 44.2. The molecule has 0 aromatic carbocycles. The normalized spacial score (nSPS) is 57.2. The highest BCUT2D eigenvalue weighted by Gasteiger charge is 2.80. The van der Waals surface area contributed by atoms with E-state index in [0.29, 0.717) is 19.4 Å². The van der Waals surface area contributed by atoms with Gasteiger partial charge in [0.1, 0.15) is 128 Å². The zero-order valence-corrected chi connectivity index (χ0v) is 54.8. The number of fused-ring (bicyclic) bond motifs is 4. The molecule has 12 fully saturated rings. The summed E-state index contributed by atoms with van der Waals surface area (Å²) in [6, 6.07) is 0. The highest BCUT2D eigenvalue weighted by atomic mass is 16.8. The lowest BCUT2D eigenvalue weighted by atomic mass is 9.30. The Balaban J connectivity index is 0.835. The van der Waals surface area contributed by atoms with E-state index in [-0.39, 0.29) is 50.4 Å². The van der Waals surface area contributed by atoms with Crippen molar-refractivity contribution < 1.29 is 148 Å². The second-order valence-corrected chi connectivity index (χ2v) is 31.8. The molecule has 0 aromatic heterocycles. The summed E-state index contributed by atoms with van der Waals surface area (Å²) in [4.78, 5) is 0. The molecule has 542 valence electrons. The third kappa shape index (κ3) is 11.6. The summed E-state index contributed by atoms with van der Waals surface area (Å²) >= 11 is 0. The van der Waals surface area contributed by atoms with Crippen LogP contribution in [0.4, 0.5) is 0 Å². The van der Waals surface area contributed by atoms with Gasteiger partial charge < -0.3 is 148 Å². The van der Waals surface area contributed by atoms with Gasteiger partial charge in [0.2, 0.25) is 0 Å². The lowest BCUT2D eigenvalue weighted by Gasteiger charge is -2.75. The van der Waals surface area contributed by atoms with Gasteiger partial charge in [-0.1, -0.05) is 48.5 Å². The summed E-state index contributed by atoms with van der Waals surface area (Å²) in [5.41, 5.74) is -1.81. The fourth-order valence-corrected chi connectivity index (χ4v) is 20.3. The number of hydrogen-bond acceptors (Lipinski definition) is 30. The van der Waals surface area contributed by atoms with Crippen molar-refractivity contribution in [1.82, 2.24) is 0 Å². The molecule has 0 unspecified atom stereocenters. The van der Waals surface area contributed by atoms with Crippen LogP contribution in [0.25, 0.3) is 0 Å². The summed E-state index contributed by atoms with van der Waals surface area (Å²) < 4.78 is 81.7. The van der Waals surface area contributed by atoms with E-state index in [9.17, 15) is 86.8 Å². The van der Waals surface area contributed by atoms with Crippen molar-refractivity contribution >= 4 is 0 Å². The summed E-state index contributed by atoms with van der Waals surface area (Å²) in [5, 5.41) is 189. The maximum atomic E-state index is 12.9. The average Bonchev–Trinajstić information content (AvgIpc) is 1.31. The van der Waals surface area contributed by atoms with Gasteiger partial charge >= 0.3 is 0 Å². The minimum atomic E-state index is -2.05. The Morgan fingerprint density at radius 2 is 0.936 bits per heavy atom. The van der Waals surface area contributed by atoms with E-state index in [1.54, 1.807) is 0 Å². The quantitative estimate of drug-likeness (QED) is 0.0689. The van der Waals surface area contributed by atoms with Crippen LogP contribution in [-0.4, -0.2) is 316 Å². The molecule has 0 radical (unpaired) electrons. The van der Waals surface area contributed by atoms with Crippen LogP contribution in [0, 0.1) is 50.2 Å². The second-order valence-electron chi connectivity index (χ2n) is 31.8. The van der Waals surface area contributed by atoms with Crippen molar-refractivity contribution in [2.24, 2.45) is 50.2 Å². The van der Waals surface area contributed by atoms with Crippen LogP contribution in [0.2, 0.25) is 0 Å². The van der Waals surface area contributed by atoms with E-state index in [2.05, 4.69) is 48.5 Å². The zero-order valence-electron chi connectivity index (χ0n) is 54.8. The minimum absolute atomic E-state index is 0.0800. The number of ether oxygens (including phenoxy) is 13. The van der Waals surface area contributed by atoms with Crippen molar-refractivity contribution in [2.45, 2.75) is 309 Å². The van der Waals surface area contributed by atoms with Crippen molar-refractivity contribution in [1.29, 1.82) is 0 Å². The summed E-state index contributed by atoms with van der Waals surface area (Å²) in [6.45, 7) is 14.3. The number of rotatable bonds is 15. The van der Waals surface area contributed by atoms with Crippen LogP contribution >= 0.6 is 0 Å². The van der Waals surface area contributed by atoms with Gasteiger partial charge in [0.15, 0.2) is 37.7 Å². The van der Waals surface area contributed by atoms with Gasteiger partial charge in [0.05, 0.1) is 63.6 Å². The Hall–Kier alpha value is -1.20. The molecule has 0 aromatic rings. The van der Waals surface area contributed by atoms with Gasteiger partial charge in [-0.25, -0.2) is 0 Å². The SMILES string of the molecule is C[C@@H]1O[C@@H](O[C@H]2[C@H](O)[C@@H](CO)O[C@@H](O[C@H]3CO[C@@H](O[C@H]4CC[C@]5(C)[C@H]6CC[C@]78OC[C@@]9(CCC(C)(C)C[C@H]97)[C@@H](O)C[C@@]8(C)[C@]6(C)CC[C@H]5C4(C)C)[C@H](O[C@@H]4O[C@H](CO)[C@@H](O)[C@H](O)[C@H]4O)[C@H]3O)[C@@H]2O[C@@H]2OC[C@@H](O)[C@H](O)[C@H]2O[C@@H]2O[C@H](CO)[C@@H](O)[C@H](O)[C@H]2O)[C@H](O)[C@H](O)[C@H]1O. The van der Waals surface area contributed by atoms with Crippen molar-refractivity contribution in [2.75, 3.05) is 39.6 Å². The number of hydrogen-bond donors (Lipinski definition) is 17. The molecule has 1 spiro atoms. The maximum Gasteiger partial charge on any atom is 0.187 e. The monoisotopic (exact) mass is 1350 g/mol. The smallest absolute Gasteiger partial charge is 0.187 e. The largest absolute Gasteiger partial charge is 0.394 e. The highest BCUT2D eigenvalue weighted by Crippen LogP contribution is 2.80. The molecule has 7 heterocycles. The molecular formula is C64H106O30. The molecule has 38 atom stereocenters. The standard InChI is InChI=1S/C64H106O30/c1-25-36(70)42(76)45(79)52(85-25)91-48-40(74)29(21-67)88-57(51(48)94-56-49(37(71)26(68)22-82-56)92-53-46(80)43(77)38(72)27(19-65)86-53)89-30-23-83-55(50(41(30)75)93-54-47(81)44(78)39(73)28(20-66)87-54)90-35-11-12-60(6)31(59(35,4)5)9-13-61(7)32(60)10-14-64-33-17-58(2,3)15-16-63(33,24-84-64)34(69)18-62(61,64)8/h25-57,65-81H,9-24H2,1-8H3/t25-,26+,27+,28+,29+,30-,31-,32+,33+,34-,35-,36-,37-,38+,39+,40+,41-,42+,43-,44-,45+,46+,47+,48-,49+,50+,51+,52-,53-,54-,55-,56-,57-,60-,61+,62-,63+,64-/m0/s1. The number of aliphatic hydroxyl groups is 17. The Morgan fingerprint density at radius 1 is 0.415 bits per heavy atom. The molecule has 7 aliphatic heterocycles. The van der Waals surface area contributed by atoms with Crippen LogP contribution in [0.5, 0.6) is 0 Å². The first-order valence-corrected chi connectivity index (χ1v) is 34.0. The topological polar surface area (TPSA) is 464 Å². The fraction of sp³-hybridized carbons (Fsp3) is 1.00. The highest BCUT2D eigenvalue weighted by molar-refractivity contribution is 5.28. The van der Waals surface area contributed by atoms with E-state index in [1.165, 1.54) is 6.92 Å². The molecule has 17 N–H and O–H groups in total. The lowest BCUT2D eigenvalue weighted by molar-refractivity contribution is -0.411. The Morgan fingerprint density at radius 3 is 1.55 bits per heavy atom. The lowest BCUT2D eigenvalue weighted by Crippen LogP contribution is -2.74. The second kappa shape index (κ2) is 26.6. The van der Waals surface area contributed by atoms with E-state index >= 15 is 0 Å². The van der Waals surface area contributed by atoms with Crippen molar-refractivity contribution in [3.63, 3.8) is 0 Å². The molecule has 30 nitrogen and oxygen atoms in total. The predicted octanol–water partition coefficient (Wildman–Crippen LogP) is -4.40. The Bertz CT molecular complexity index is 2590. The third-order valence-electron chi connectivity index (χ3n) is 26.0. The Labute approximate surface area is 546 Å². The molecule has 7 saturated heterocycles. The molecular weight excluding hydrogens is 1250 g/mol. The van der Waals surface area contributed by atoms with E-state index in [1.807, 2.05) is 0 Å². The number of aliphatic hydroxyl groups excluding tert-OH is 17. The van der Waals surface area contributed by atoms with Gasteiger partial charge in [-0.15, -0.1) is 0 Å². The Kier molecular flexibility index (Phi) is 20.5. The molecule has 12 rings (SSSR count). The molecule has 30 heteroatoms. The van der Waals surface area contributed by atoms with E-state index < -0.39 is 223 Å². The first kappa shape index (κ1) is 72.6. The average molecular weight is 1360 g/mol. The molecule has 12 aliphatic rings. The van der Waals surface area contributed by atoms with Gasteiger partial charge in [0, 0.05) is 10.8 Å². The summed E-state index contributed by atoms with van der Waals surface area (Å²) in [7, 11) is 0. The third-order valence-corrected chi connectivity index (χ3v) is 26.0. The van der Waals surface area contributed by atoms with Crippen molar-refractivity contribution in [3.05, 3.63) is 0 Å². The van der Waals surface area contributed by atoms with Gasteiger partial charge in [-0.3, -0.25) is 0 Å². The molecule has 94 heavy (non-hydrogen) atoms. The van der Waals surface area contributed by atoms with Crippen molar-refractivity contribution in [3.8, 4) is 0 Å². The van der Waals surface area contributed by atoms with Crippen LogP contribution in [0.3, 0.4) is 0 Å². The van der Waals surface area contributed by atoms with Crippen LogP contribution in [0.15, 0.2) is 0 Å². The van der Waals surface area contributed by atoms with Gasteiger partial charge in [0.25, 0.3) is 0 Å². The van der Waals surface area contributed by atoms with Gasteiger partial charge in [-0.05, 0) is 111 Å². The fourth-order valence-electron chi connectivity index (χ4n) is 20.3. The summed E-state index contributed by atoms with van der Waals surface area (Å²) in [5.74, 6) is 0.575. The maximum absolute atomic E-state index is 12.9. The molecule has 5 saturated carbocycles. The molecule has 5 aliphatic carbocycles. The first-order valence-electron chi connectivity index (χ1n) is 34.0. The van der Waals surface area contributed by atoms with E-state index in [4.69, 9.17) is 61.6 Å². The van der Waals surface area contributed by atoms with Crippen LogP contribution in [-0.2, 0) is 61.6 Å². The minimum Gasteiger partial charge on any atom is -0.394 e. The van der Waals surface area contributed by atoms with Crippen LogP contribution in [0.1, 0.15) is 120 Å². The molecule has 0 amide bonds.